The molecule has 0 unspecified atom stereocenters. The number of fused-ring (bicyclic) bond motifs is 1. The van der Waals surface area contributed by atoms with Gasteiger partial charge in [-0.05, 0) is 17.7 Å². The highest BCUT2D eigenvalue weighted by Gasteiger charge is 2.34. The summed E-state index contributed by atoms with van der Waals surface area (Å²) in [5.41, 5.74) is 6.69. The summed E-state index contributed by atoms with van der Waals surface area (Å²) in [7, 11) is 1.52. The van der Waals surface area contributed by atoms with Crippen LogP contribution in [0.1, 0.15) is 21.6 Å². The van der Waals surface area contributed by atoms with E-state index in [1.54, 1.807) is 17.6 Å². The van der Waals surface area contributed by atoms with E-state index < -0.39 is 11.9 Å². The van der Waals surface area contributed by atoms with Gasteiger partial charge < -0.3 is 16.0 Å². The van der Waals surface area contributed by atoms with Gasteiger partial charge in [0, 0.05) is 41.7 Å². The highest BCUT2D eigenvalue weighted by molar-refractivity contribution is 7.99. The third kappa shape index (κ3) is 4.94. The molecule has 1 fully saturated rings. The first-order valence-electron chi connectivity index (χ1n) is 10.0. The summed E-state index contributed by atoms with van der Waals surface area (Å²) in [6.45, 7) is -0.0795. The van der Waals surface area contributed by atoms with Crippen LogP contribution in [-0.4, -0.2) is 62.3 Å². The number of imide groups is 1. The molecule has 1 aliphatic heterocycles. The zero-order chi connectivity index (χ0) is 24.4. The van der Waals surface area contributed by atoms with Gasteiger partial charge in [0.1, 0.15) is 6.54 Å². The largest absolute Gasteiger partial charge is 0.366 e. The Bertz CT molecular complexity index is 1370. The molecule has 1 aliphatic rings. The van der Waals surface area contributed by atoms with Crippen molar-refractivity contribution in [3.63, 3.8) is 0 Å². The molecule has 4 rings (SSSR count). The van der Waals surface area contributed by atoms with Crippen LogP contribution in [0.25, 0.3) is 4.96 Å². The lowest BCUT2D eigenvalue weighted by molar-refractivity contribution is -0.125. The summed E-state index contributed by atoms with van der Waals surface area (Å²) < 4.78 is 1.45. The Kier molecular flexibility index (Phi) is 6.65. The van der Waals surface area contributed by atoms with Crippen LogP contribution in [0.4, 0.5) is 10.5 Å². The van der Waals surface area contributed by atoms with Crippen molar-refractivity contribution in [3.05, 3.63) is 63.0 Å². The lowest BCUT2D eigenvalue weighted by atomic mass is 10.1. The molecule has 1 saturated heterocycles. The molecule has 0 radical (unpaired) electrons. The van der Waals surface area contributed by atoms with Crippen LogP contribution < -0.4 is 16.6 Å². The Labute approximate surface area is 201 Å². The minimum absolute atomic E-state index is 0.0224. The maximum absolute atomic E-state index is 12.6. The molecule has 1 aromatic carbocycles. The summed E-state index contributed by atoms with van der Waals surface area (Å²) >= 11 is 2.62. The minimum Gasteiger partial charge on any atom is -0.366 e. The predicted molar refractivity (Wildman–Crippen MR) is 128 cm³/mol. The predicted octanol–water partition coefficient (Wildman–Crippen LogP) is 1.12. The standard InChI is InChI=1S/C21H20N6O5S2/c1-25-9-18(30)27(21(25)32)8-13-3-2-12(19(22)31)6-15(13)24-16(28)11-33-10-14-7-17(29)26-4-5-34-20(26)23-14/h2-7H,8-11H2,1H3,(H2,22,31)(H,24,28). The second kappa shape index (κ2) is 9.65. The second-order valence-electron chi connectivity index (χ2n) is 7.54. The van der Waals surface area contributed by atoms with Gasteiger partial charge in [0.15, 0.2) is 4.96 Å². The first-order valence-corrected chi connectivity index (χ1v) is 12.1. The maximum Gasteiger partial charge on any atom is 0.327 e. The smallest absolute Gasteiger partial charge is 0.327 e. The van der Waals surface area contributed by atoms with Crippen molar-refractivity contribution < 1.29 is 19.2 Å². The number of nitrogens with two attached hydrogens (primary N) is 1. The SMILES string of the molecule is CN1CC(=O)N(Cc2ccc(C(N)=O)cc2NC(=O)CSCc2cc(=O)n3ccsc3n2)C1=O. The molecule has 3 aromatic rings. The highest BCUT2D eigenvalue weighted by atomic mass is 32.2. The second-order valence-corrected chi connectivity index (χ2v) is 9.40. The van der Waals surface area contributed by atoms with Crippen LogP contribution in [0.3, 0.4) is 0 Å². The zero-order valence-corrected chi connectivity index (χ0v) is 19.6. The topological polar surface area (TPSA) is 147 Å². The van der Waals surface area contributed by atoms with Gasteiger partial charge in [0.25, 0.3) is 11.5 Å². The molecule has 176 valence electrons. The molecule has 0 spiro atoms. The van der Waals surface area contributed by atoms with Crippen LogP contribution in [0.15, 0.2) is 40.6 Å². The van der Waals surface area contributed by atoms with E-state index in [-0.39, 0.29) is 47.5 Å². The number of primary amides is 1. The number of likely N-dealkylation sites (N-methyl/N-ethyl adjacent to an activating group) is 1. The van der Waals surface area contributed by atoms with E-state index in [1.807, 2.05) is 0 Å². The van der Waals surface area contributed by atoms with Crippen molar-refractivity contribution >= 4 is 57.5 Å². The van der Waals surface area contributed by atoms with Crippen molar-refractivity contribution in [3.8, 4) is 0 Å². The molecular weight excluding hydrogens is 480 g/mol. The molecule has 2 aromatic heterocycles. The molecule has 0 atom stereocenters. The molecule has 13 heteroatoms. The lowest BCUT2D eigenvalue weighted by Gasteiger charge is -2.18. The molecule has 5 amide bonds. The van der Waals surface area contributed by atoms with Gasteiger partial charge in [0.2, 0.25) is 11.8 Å². The summed E-state index contributed by atoms with van der Waals surface area (Å²) in [5, 5.41) is 4.50. The van der Waals surface area contributed by atoms with Gasteiger partial charge in [-0.1, -0.05) is 6.07 Å². The number of rotatable bonds is 8. The number of urea groups is 1. The fourth-order valence-corrected chi connectivity index (χ4v) is 4.83. The lowest BCUT2D eigenvalue weighted by Crippen LogP contribution is -2.31. The Morgan fingerprint density at radius 2 is 2.03 bits per heavy atom. The van der Waals surface area contributed by atoms with E-state index in [1.165, 1.54) is 57.6 Å². The van der Waals surface area contributed by atoms with Crippen molar-refractivity contribution in [1.29, 1.82) is 0 Å². The summed E-state index contributed by atoms with van der Waals surface area (Å²) in [4.78, 5) is 68.0. The number of aromatic nitrogens is 2. The summed E-state index contributed by atoms with van der Waals surface area (Å²) in [6.07, 6.45) is 1.65. The van der Waals surface area contributed by atoms with Crippen molar-refractivity contribution in [2.45, 2.75) is 12.3 Å². The number of thioether (sulfide) groups is 1. The van der Waals surface area contributed by atoms with Gasteiger partial charge in [-0.2, -0.15) is 0 Å². The first kappa shape index (κ1) is 23.4. The molecule has 34 heavy (non-hydrogen) atoms. The number of amides is 5. The third-order valence-electron chi connectivity index (χ3n) is 5.07. The quantitative estimate of drug-likeness (QED) is 0.441. The van der Waals surface area contributed by atoms with Crippen molar-refractivity contribution in [1.82, 2.24) is 19.2 Å². The molecule has 0 saturated carbocycles. The Morgan fingerprint density at radius 3 is 2.74 bits per heavy atom. The molecule has 0 aliphatic carbocycles. The van der Waals surface area contributed by atoms with Gasteiger partial charge in [-0.15, -0.1) is 23.1 Å². The maximum atomic E-state index is 12.6. The number of hydrogen-bond donors (Lipinski definition) is 2. The fraction of sp³-hybridized carbons (Fsp3) is 0.238. The van der Waals surface area contributed by atoms with Gasteiger partial charge in [-0.3, -0.25) is 28.5 Å². The minimum atomic E-state index is -0.675. The normalized spacial score (nSPS) is 13.7. The van der Waals surface area contributed by atoms with Crippen LogP contribution in [0.5, 0.6) is 0 Å². The number of carbonyl (C=O) groups is 4. The van der Waals surface area contributed by atoms with E-state index in [0.717, 1.165) is 4.90 Å². The highest BCUT2D eigenvalue weighted by Crippen LogP contribution is 2.23. The van der Waals surface area contributed by atoms with Gasteiger partial charge in [-0.25, -0.2) is 9.78 Å². The number of thiazole rings is 1. The number of hydrogen-bond acceptors (Lipinski definition) is 8. The molecule has 3 N–H and O–H groups in total. The van der Waals surface area contributed by atoms with E-state index in [4.69, 9.17) is 5.73 Å². The molecule has 11 nitrogen and oxygen atoms in total. The number of nitrogens with zero attached hydrogens (tertiary/aromatic N) is 4. The summed E-state index contributed by atoms with van der Waals surface area (Å²) in [6, 6.07) is 5.43. The van der Waals surface area contributed by atoms with Crippen molar-refractivity contribution in [2.24, 2.45) is 5.73 Å². The Morgan fingerprint density at radius 1 is 1.24 bits per heavy atom. The van der Waals surface area contributed by atoms with Crippen LogP contribution in [0, 0.1) is 0 Å². The number of anilines is 1. The van der Waals surface area contributed by atoms with E-state index in [2.05, 4.69) is 10.3 Å². The van der Waals surface area contributed by atoms with Crippen LogP contribution >= 0.6 is 23.1 Å². The van der Waals surface area contributed by atoms with Gasteiger partial charge in [0.05, 0.1) is 18.0 Å². The van der Waals surface area contributed by atoms with Gasteiger partial charge >= 0.3 is 6.03 Å². The van der Waals surface area contributed by atoms with Crippen molar-refractivity contribution in [2.75, 3.05) is 24.7 Å². The average Bonchev–Trinajstić information content (AvgIpc) is 3.35. The van der Waals surface area contributed by atoms with E-state index >= 15 is 0 Å². The number of benzene rings is 1. The number of carbonyl (C=O) groups excluding carboxylic acids is 4. The molecular formula is C21H20N6O5S2. The van der Waals surface area contributed by atoms with Crippen LogP contribution in [0.2, 0.25) is 0 Å². The van der Waals surface area contributed by atoms with Crippen LogP contribution in [-0.2, 0) is 21.9 Å². The van der Waals surface area contributed by atoms with E-state index in [9.17, 15) is 24.0 Å². The average molecular weight is 501 g/mol. The monoisotopic (exact) mass is 500 g/mol. The Balaban J connectivity index is 1.44. The zero-order valence-electron chi connectivity index (χ0n) is 18.0. The third-order valence-corrected chi connectivity index (χ3v) is 6.79. The fourth-order valence-electron chi connectivity index (χ4n) is 3.38. The van der Waals surface area contributed by atoms with E-state index in [0.29, 0.717) is 22.0 Å². The number of nitrogens with one attached hydrogen (secondary N) is 1. The first-order chi connectivity index (χ1) is 16.2. The Hall–Kier alpha value is -3.71. The molecule has 3 heterocycles. The summed E-state index contributed by atoms with van der Waals surface area (Å²) in [5.74, 6) is -0.987. The molecule has 0 bridgehead atoms.